The summed E-state index contributed by atoms with van der Waals surface area (Å²) in [5.41, 5.74) is 7.89. The van der Waals surface area contributed by atoms with Crippen LogP contribution in [0.5, 0.6) is 0 Å². The highest BCUT2D eigenvalue weighted by Gasteiger charge is 2.28. The smallest absolute Gasteiger partial charge is 0.367 e. The van der Waals surface area contributed by atoms with Gasteiger partial charge in [-0.2, -0.15) is 13.2 Å². The van der Waals surface area contributed by atoms with Crippen molar-refractivity contribution in [2.45, 2.75) is 58.3 Å². The molecule has 178 valence electrons. The van der Waals surface area contributed by atoms with Crippen molar-refractivity contribution in [2.75, 3.05) is 18.4 Å². The van der Waals surface area contributed by atoms with Gasteiger partial charge in [-0.15, -0.1) is 0 Å². The topological polar surface area (TPSA) is 41.0 Å². The van der Waals surface area contributed by atoms with E-state index in [0.717, 1.165) is 38.9 Å². The number of nitrogens with zero attached hydrogens (tertiary/aromatic N) is 3. The van der Waals surface area contributed by atoms with Crippen LogP contribution in [0.25, 0.3) is 17.0 Å². The highest BCUT2D eigenvalue weighted by atomic mass is 19.4. The van der Waals surface area contributed by atoms with Gasteiger partial charge in [-0.1, -0.05) is 29.8 Å². The Morgan fingerprint density at radius 2 is 1.85 bits per heavy atom. The number of piperidine rings is 1. The van der Waals surface area contributed by atoms with Gasteiger partial charge in [0, 0.05) is 31.1 Å². The monoisotopic (exact) mass is 466 g/mol. The molecule has 34 heavy (non-hydrogen) atoms. The minimum Gasteiger partial charge on any atom is -0.367 e. The Bertz CT molecular complexity index is 1240. The molecule has 2 aliphatic rings. The molecule has 3 aromatic rings. The van der Waals surface area contributed by atoms with Gasteiger partial charge in [-0.25, -0.2) is 9.97 Å². The van der Waals surface area contributed by atoms with Gasteiger partial charge in [-0.05, 0) is 73.1 Å². The molecular weight excluding hydrogens is 437 g/mol. The molecule has 2 heterocycles. The van der Waals surface area contributed by atoms with E-state index >= 15 is 0 Å². The maximum Gasteiger partial charge on any atom is 0.393 e. The lowest BCUT2D eigenvalue weighted by atomic mass is 9.97. The van der Waals surface area contributed by atoms with Crippen molar-refractivity contribution in [1.82, 2.24) is 14.9 Å². The van der Waals surface area contributed by atoms with E-state index in [-0.39, 0.29) is 11.6 Å². The molecule has 1 aliphatic carbocycles. The fraction of sp³-hybridized carbons (Fsp3) is 0.407. The molecule has 0 spiro atoms. The van der Waals surface area contributed by atoms with Crippen molar-refractivity contribution in [2.24, 2.45) is 0 Å². The Morgan fingerprint density at radius 3 is 2.62 bits per heavy atom. The third-order valence-electron chi connectivity index (χ3n) is 7.00. The molecule has 0 amide bonds. The van der Waals surface area contributed by atoms with Crippen LogP contribution in [-0.2, 0) is 19.4 Å². The van der Waals surface area contributed by atoms with E-state index in [0.29, 0.717) is 16.7 Å². The largest absolute Gasteiger partial charge is 0.393 e. The second kappa shape index (κ2) is 9.02. The van der Waals surface area contributed by atoms with Gasteiger partial charge >= 0.3 is 6.18 Å². The summed E-state index contributed by atoms with van der Waals surface area (Å²) in [5, 5.41) is 4.12. The van der Waals surface area contributed by atoms with Gasteiger partial charge in [-0.3, -0.25) is 4.90 Å². The summed E-state index contributed by atoms with van der Waals surface area (Å²) in [6.07, 6.45) is 1.56. The van der Waals surface area contributed by atoms with Crippen LogP contribution >= 0.6 is 0 Å². The average Bonchev–Trinajstić information content (AvgIpc) is 3.17. The molecule has 1 aromatic heterocycles. The van der Waals surface area contributed by atoms with E-state index in [4.69, 9.17) is 0 Å². The number of allylic oxidation sites excluding steroid dienone is 1. The Kier molecular flexibility index (Phi) is 6.06. The molecule has 1 aliphatic heterocycles. The van der Waals surface area contributed by atoms with Gasteiger partial charge in [0.05, 0.1) is 11.9 Å². The summed E-state index contributed by atoms with van der Waals surface area (Å²) in [5.74, 6) is 0.615. The summed E-state index contributed by atoms with van der Waals surface area (Å²) >= 11 is 0. The summed E-state index contributed by atoms with van der Waals surface area (Å²) in [6.45, 7) is 7.28. The third-order valence-corrected chi connectivity index (χ3v) is 7.00. The second-order valence-corrected chi connectivity index (χ2v) is 9.65. The van der Waals surface area contributed by atoms with E-state index < -0.39 is 12.6 Å². The molecule has 0 radical (unpaired) electrons. The number of likely N-dealkylation sites (tertiary alicyclic amines) is 1. The van der Waals surface area contributed by atoms with Crippen LogP contribution in [0.2, 0.25) is 0 Å². The molecule has 7 heteroatoms. The number of nitrogens with one attached hydrogen (secondary N) is 1. The molecule has 1 fully saturated rings. The SMILES string of the molecule is CC1=Cc2c(ccc(CN3CCC(Nc4ncnc5ccc(CC(F)(F)F)cc45)CC3)c2C)C1. The van der Waals surface area contributed by atoms with Gasteiger partial charge in [0.2, 0.25) is 0 Å². The zero-order valence-electron chi connectivity index (χ0n) is 19.5. The third kappa shape index (κ3) is 4.94. The Labute approximate surface area is 197 Å². The van der Waals surface area contributed by atoms with Crippen molar-refractivity contribution in [3.05, 3.63) is 70.0 Å². The Morgan fingerprint density at radius 1 is 1.06 bits per heavy atom. The summed E-state index contributed by atoms with van der Waals surface area (Å²) in [6, 6.07) is 9.47. The molecule has 4 nitrogen and oxygen atoms in total. The van der Waals surface area contributed by atoms with Crippen LogP contribution in [0.15, 0.2) is 42.2 Å². The van der Waals surface area contributed by atoms with E-state index in [1.807, 2.05) is 0 Å². The van der Waals surface area contributed by atoms with Crippen molar-refractivity contribution in [3.8, 4) is 0 Å². The molecular formula is C27H29F3N4. The Balaban J connectivity index is 1.24. The first-order chi connectivity index (χ1) is 16.2. The van der Waals surface area contributed by atoms with E-state index in [2.05, 4.69) is 52.2 Å². The van der Waals surface area contributed by atoms with E-state index in [1.165, 1.54) is 40.2 Å². The summed E-state index contributed by atoms with van der Waals surface area (Å²) < 4.78 is 38.6. The van der Waals surface area contributed by atoms with Crippen molar-refractivity contribution < 1.29 is 13.2 Å². The van der Waals surface area contributed by atoms with Crippen molar-refractivity contribution in [1.29, 1.82) is 0 Å². The Hall–Kier alpha value is -2.93. The maximum absolute atomic E-state index is 12.9. The summed E-state index contributed by atoms with van der Waals surface area (Å²) in [4.78, 5) is 11.1. The predicted molar refractivity (Wildman–Crippen MR) is 130 cm³/mol. The van der Waals surface area contributed by atoms with E-state index in [9.17, 15) is 13.2 Å². The average molecular weight is 467 g/mol. The van der Waals surface area contributed by atoms with Crippen LogP contribution in [-0.4, -0.2) is 40.2 Å². The first-order valence-corrected chi connectivity index (χ1v) is 11.8. The fourth-order valence-corrected chi connectivity index (χ4v) is 5.18. The number of fused-ring (bicyclic) bond motifs is 2. The van der Waals surface area contributed by atoms with Gasteiger partial charge in [0.25, 0.3) is 0 Å². The quantitative estimate of drug-likeness (QED) is 0.495. The van der Waals surface area contributed by atoms with Crippen LogP contribution in [0.1, 0.15) is 47.6 Å². The first-order valence-electron chi connectivity index (χ1n) is 11.8. The number of alkyl halides is 3. The zero-order valence-corrected chi connectivity index (χ0v) is 19.5. The highest BCUT2D eigenvalue weighted by molar-refractivity contribution is 5.89. The predicted octanol–water partition coefficient (Wildman–Crippen LogP) is 6.08. The van der Waals surface area contributed by atoms with Crippen molar-refractivity contribution >= 4 is 22.8 Å². The first kappa shape index (κ1) is 22.8. The molecule has 0 atom stereocenters. The van der Waals surface area contributed by atoms with Gasteiger partial charge < -0.3 is 5.32 Å². The number of anilines is 1. The lowest BCUT2D eigenvalue weighted by molar-refractivity contribution is -0.127. The molecule has 0 bridgehead atoms. The molecule has 1 saturated heterocycles. The molecule has 1 N–H and O–H groups in total. The fourth-order valence-electron chi connectivity index (χ4n) is 5.18. The maximum atomic E-state index is 12.9. The number of aromatic nitrogens is 2. The van der Waals surface area contributed by atoms with Crippen LogP contribution in [0, 0.1) is 6.92 Å². The minimum atomic E-state index is -4.24. The lowest BCUT2D eigenvalue weighted by Crippen LogP contribution is -2.39. The minimum absolute atomic E-state index is 0.224. The summed E-state index contributed by atoms with van der Waals surface area (Å²) in [7, 11) is 0. The number of hydrogen-bond donors (Lipinski definition) is 1. The second-order valence-electron chi connectivity index (χ2n) is 9.65. The molecule has 5 rings (SSSR count). The van der Waals surface area contributed by atoms with E-state index in [1.54, 1.807) is 12.1 Å². The highest BCUT2D eigenvalue weighted by Crippen LogP contribution is 2.31. The number of halogens is 3. The molecule has 0 unspecified atom stereocenters. The molecule has 0 saturated carbocycles. The number of hydrogen-bond acceptors (Lipinski definition) is 4. The van der Waals surface area contributed by atoms with Crippen molar-refractivity contribution in [3.63, 3.8) is 0 Å². The van der Waals surface area contributed by atoms with Gasteiger partial charge in [0.15, 0.2) is 0 Å². The molecule has 2 aromatic carbocycles. The lowest BCUT2D eigenvalue weighted by Gasteiger charge is -2.33. The number of benzene rings is 2. The van der Waals surface area contributed by atoms with Crippen LogP contribution in [0.3, 0.4) is 0 Å². The number of rotatable bonds is 5. The standard InChI is InChI=1S/C27H29F3N4/c1-17-11-20-4-5-21(18(2)23(20)12-17)15-34-9-7-22(8-10-34)33-26-24-13-19(14-27(28,29)30)3-6-25(24)31-16-32-26/h3-6,12-13,16,22H,7-11,14-15H2,1-2H3,(H,31,32,33). The van der Waals surface area contributed by atoms with Gasteiger partial charge in [0.1, 0.15) is 12.1 Å². The zero-order chi connectivity index (χ0) is 23.9. The normalized spacial score (nSPS) is 17.1. The van der Waals surface area contributed by atoms with Crippen LogP contribution in [0.4, 0.5) is 19.0 Å². The van der Waals surface area contributed by atoms with Crippen LogP contribution < -0.4 is 5.32 Å².